The van der Waals surface area contributed by atoms with Gasteiger partial charge in [-0.05, 0) is 24.8 Å². The van der Waals surface area contributed by atoms with E-state index >= 15 is 0 Å². The van der Waals surface area contributed by atoms with Gasteiger partial charge in [-0.2, -0.15) is 0 Å². The number of rotatable bonds is 8. The summed E-state index contributed by atoms with van der Waals surface area (Å²) >= 11 is 1.72. The number of carbonyl (C=O) groups is 1. The quantitative estimate of drug-likeness (QED) is 0.275. The Morgan fingerprint density at radius 3 is 2.81 bits per heavy atom. The molecule has 1 aromatic heterocycles. The van der Waals surface area contributed by atoms with Crippen LogP contribution < -0.4 is 16.0 Å². The lowest BCUT2D eigenvalue weighted by atomic mass is 10.2. The van der Waals surface area contributed by atoms with E-state index in [-0.39, 0.29) is 53.9 Å². The highest BCUT2D eigenvalue weighted by molar-refractivity contribution is 14.0. The number of nitrogens with one attached hydrogen (secondary N) is 3. The summed E-state index contributed by atoms with van der Waals surface area (Å²) in [5.41, 5.74) is 0. The second-order valence-electron chi connectivity index (χ2n) is 5.93. The van der Waals surface area contributed by atoms with Gasteiger partial charge in [-0.25, -0.2) is 8.42 Å². The molecule has 10 heteroatoms. The SMILES string of the molecule is CCNC(=NCCc1cccs1)NCCC(=O)NC1CCS(=O)(=O)C1.I. The zero-order chi connectivity index (χ0) is 18.1. The first-order chi connectivity index (χ1) is 12.0. The van der Waals surface area contributed by atoms with E-state index in [0.717, 1.165) is 13.0 Å². The molecular weight excluding hydrogens is 487 g/mol. The molecule has 0 bridgehead atoms. The minimum Gasteiger partial charge on any atom is -0.357 e. The van der Waals surface area contributed by atoms with Crippen molar-refractivity contribution in [3.05, 3.63) is 22.4 Å². The monoisotopic (exact) mass is 514 g/mol. The van der Waals surface area contributed by atoms with Crippen LogP contribution in [0.3, 0.4) is 0 Å². The highest BCUT2D eigenvalue weighted by Gasteiger charge is 2.28. The number of aliphatic imine (C=N–C) groups is 1. The van der Waals surface area contributed by atoms with E-state index in [4.69, 9.17) is 0 Å². The van der Waals surface area contributed by atoms with Crippen molar-refractivity contribution in [2.75, 3.05) is 31.1 Å². The third-order valence-corrected chi connectivity index (χ3v) is 6.50. The third kappa shape index (κ3) is 8.67. The molecule has 1 atom stereocenters. The van der Waals surface area contributed by atoms with Crippen LogP contribution in [-0.4, -0.2) is 57.5 Å². The first-order valence-electron chi connectivity index (χ1n) is 8.53. The van der Waals surface area contributed by atoms with Crippen molar-refractivity contribution in [2.45, 2.75) is 32.2 Å². The Kier molecular flexibility index (Phi) is 10.5. The summed E-state index contributed by atoms with van der Waals surface area (Å²) in [5, 5.41) is 11.1. The average Bonchev–Trinajstić information content (AvgIpc) is 3.17. The molecule has 1 aromatic rings. The van der Waals surface area contributed by atoms with E-state index in [1.165, 1.54) is 4.88 Å². The van der Waals surface area contributed by atoms with Crippen LogP contribution in [0.15, 0.2) is 22.5 Å². The number of sulfone groups is 1. The minimum atomic E-state index is -2.97. The fraction of sp³-hybridized carbons (Fsp3) is 0.625. The van der Waals surface area contributed by atoms with Gasteiger partial charge in [-0.1, -0.05) is 6.07 Å². The molecule has 2 rings (SSSR count). The molecule has 0 aromatic carbocycles. The molecule has 7 nitrogen and oxygen atoms in total. The minimum absolute atomic E-state index is 0. The maximum atomic E-state index is 11.9. The van der Waals surface area contributed by atoms with E-state index in [9.17, 15) is 13.2 Å². The summed E-state index contributed by atoms with van der Waals surface area (Å²) in [5.74, 6) is 0.774. The summed E-state index contributed by atoms with van der Waals surface area (Å²) in [7, 11) is -2.97. The van der Waals surface area contributed by atoms with Crippen LogP contribution in [-0.2, 0) is 21.1 Å². The Balaban J connectivity index is 0.00000338. The number of hydrogen-bond donors (Lipinski definition) is 3. The van der Waals surface area contributed by atoms with E-state index in [0.29, 0.717) is 25.5 Å². The van der Waals surface area contributed by atoms with E-state index in [1.807, 2.05) is 13.0 Å². The lowest BCUT2D eigenvalue weighted by Crippen LogP contribution is -2.41. The van der Waals surface area contributed by atoms with Gasteiger partial charge >= 0.3 is 0 Å². The molecule has 3 N–H and O–H groups in total. The molecule has 2 heterocycles. The average molecular weight is 514 g/mol. The van der Waals surface area contributed by atoms with Gasteiger partial charge in [0.25, 0.3) is 0 Å². The highest BCUT2D eigenvalue weighted by atomic mass is 127. The van der Waals surface area contributed by atoms with Crippen LogP contribution in [0.1, 0.15) is 24.6 Å². The Morgan fingerprint density at radius 2 is 2.19 bits per heavy atom. The van der Waals surface area contributed by atoms with Gasteiger partial charge in [-0.3, -0.25) is 9.79 Å². The summed E-state index contributed by atoms with van der Waals surface area (Å²) in [6, 6.07) is 3.88. The van der Waals surface area contributed by atoms with E-state index in [1.54, 1.807) is 11.3 Å². The normalized spacial score (nSPS) is 18.8. The Morgan fingerprint density at radius 1 is 1.38 bits per heavy atom. The lowest BCUT2D eigenvalue weighted by molar-refractivity contribution is -0.121. The predicted molar refractivity (Wildman–Crippen MR) is 117 cm³/mol. The second-order valence-corrected chi connectivity index (χ2v) is 9.20. The van der Waals surface area contributed by atoms with Gasteiger partial charge in [0.2, 0.25) is 5.91 Å². The Labute approximate surface area is 176 Å². The van der Waals surface area contributed by atoms with Crippen molar-refractivity contribution in [1.29, 1.82) is 0 Å². The summed E-state index contributed by atoms with van der Waals surface area (Å²) in [6.45, 7) is 3.87. The first-order valence-corrected chi connectivity index (χ1v) is 11.2. The Bertz CT molecular complexity index is 678. The van der Waals surface area contributed by atoms with Crippen molar-refractivity contribution < 1.29 is 13.2 Å². The number of halogens is 1. The van der Waals surface area contributed by atoms with Crippen LogP contribution in [0, 0.1) is 0 Å². The van der Waals surface area contributed by atoms with Gasteiger partial charge in [-0.15, -0.1) is 35.3 Å². The molecule has 1 amide bonds. The molecule has 1 fully saturated rings. The number of guanidine groups is 1. The van der Waals surface area contributed by atoms with Crippen LogP contribution in [0.25, 0.3) is 0 Å². The van der Waals surface area contributed by atoms with Crippen LogP contribution in [0.2, 0.25) is 0 Å². The molecule has 0 aliphatic carbocycles. The second kappa shape index (κ2) is 11.8. The van der Waals surface area contributed by atoms with Gasteiger partial charge in [0.15, 0.2) is 15.8 Å². The third-order valence-electron chi connectivity index (χ3n) is 3.79. The number of hydrogen-bond acceptors (Lipinski definition) is 5. The zero-order valence-electron chi connectivity index (χ0n) is 14.9. The first kappa shape index (κ1) is 23.2. The molecule has 148 valence electrons. The summed E-state index contributed by atoms with van der Waals surface area (Å²) < 4.78 is 22.8. The molecule has 0 spiro atoms. The van der Waals surface area contributed by atoms with Gasteiger partial charge < -0.3 is 16.0 Å². The number of amides is 1. The topological polar surface area (TPSA) is 99.7 Å². The van der Waals surface area contributed by atoms with E-state index < -0.39 is 9.84 Å². The Hall–Kier alpha value is -0.880. The van der Waals surface area contributed by atoms with Crippen LogP contribution in [0.5, 0.6) is 0 Å². The number of thiophene rings is 1. The molecule has 0 saturated carbocycles. The van der Waals surface area contributed by atoms with Gasteiger partial charge in [0.05, 0.1) is 11.5 Å². The van der Waals surface area contributed by atoms with Gasteiger partial charge in [0.1, 0.15) is 0 Å². The van der Waals surface area contributed by atoms with Crippen molar-refractivity contribution in [2.24, 2.45) is 4.99 Å². The molecular formula is C16H27IN4O3S2. The molecule has 1 unspecified atom stereocenters. The fourth-order valence-electron chi connectivity index (χ4n) is 2.58. The van der Waals surface area contributed by atoms with Crippen LogP contribution in [0.4, 0.5) is 0 Å². The van der Waals surface area contributed by atoms with Crippen LogP contribution >= 0.6 is 35.3 Å². The summed E-state index contributed by atoms with van der Waals surface area (Å²) in [4.78, 5) is 17.7. The maximum Gasteiger partial charge on any atom is 0.222 e. The predicted octanol–water partition coefficient (Wildman–Crippen LogP) is 1.16. The molecule has 1 saturated heterocycles. The molecule has 1 aliphatic heterocycles. The van der Waals surface area contributed by atoms with Crippen molar-refractivity contribution >= 4 is 57.0 Å². The molecule has 0 radical (unpaired) electrons. The number of nitrogens with zero attached hydrogens (tertiary/aromatic N) is 1. The smallest absolute Gasteiger partial charge is 0.222 e. The summed E-state index contributed by atoms with van der Waals surface area (Å²) in [6.07, 6.45) is 1.69. The lowest BCUT2D eigenvalue weighted by Gasteiger charge is -2.13. The van der Waals surface area contributed by atoms with Crippen molar-refractivity contribution in [3.8, 4) is 0 Å². The number of carbonyl (C=O) groups excluding carboxylic acids is 1. The van der Waals surface area contributed by atoms with Gasteiger partial charge in [0, 0.05) is 43.4 Å². The molecule has 1 aliphatic rings. The highest BCUT2D eigenvalue weighted by Crippen LogP contribution is 2.11. The molecule has 26 heavy (non-hydrogen) atoms. The van der Waals surface area contributed by atoms with Crippen molar-refractivity contribution in [3.63, 3.8) is 0 Å². The van der Waals surface area contributed by atoms with Crippen molar-refractivity contribution in [1.82, 2.24) is 16.0 Å². The maximum absolute atomic E-state index is 11.9. The largest absolute Gasteiger partial charge is 0.357 e. The fourth-order valence-corrected chi connectivity index (χ4v) is 4.95. The standard InChI is InChI=1S/C16H26N4O3S2.HI/c1-2-17-16(18-8-5-14-4-3-10-24-14)19-9-6-15(21)20-13-7-11-25(22,23)12-13;/h3-4,10,13H,2,5-9,11-12H2,1H3,(H,20,21)(H2,17,18,19);1H. The zero-order valence-corrected chi connectivity index (χ0v) is 18.8. The van der Waals surface area contributed by atoms with E-state index in [2.05, 4.69) is 32.4 Å².